The molecule has 0 atom stereocenters. The molecule has 16 rings (SSSR count). The summed E-state index contributed by atoms with van der Waals surface area (Å²) in [6, 6.07) is 118. The number of fused-ring (bicyclic) bond motifs is 7. The van der Waals surface area contributed by atoms with Crippen molar-refractivity contribution in [1.82, 2.24) is 4.57 Å². The minimum atomic E-state index is -0.319. The Morgan fingerprint density at radius 3 is 1.17 bits per heavy atom. The Bertz CT molecular complexity index is 4840. The zero-order valence-electron chi connectivity index (χ0n) is 49.9. The summed E-state index contributed by atoms with van der Waals surface area (Å²) in [7, 11) is 0. The second-order valence-electron chi connectivity index (χ2n) is 24.9. The number of nitrogens with zero attached hydrogens (tertiary/aromatic N) is 3. The lowest BCUT2D eigenvalue weighted by atomic mass is 9.33. The van der Waals surface area contributed by atoms with Gasteiger partial charge in [0.1, 0.15) is 0 Å². The van der Waals surface area contributed by atoms with Crippen LogP contribution in [0.15, 0.2) is 315 Å². The topological polar surface area (TPSA) is 11.4 Å². The van der Waals surface area contributed by atoms with E-state index >= 15 is 0 Å². The first kappa shape index (κ1) is 52.8. The van der Waals surface area contributed by atoms with E-state index in [1.165, 1.54) is 99.6 Å². The predicted octanol–water partition coefficient (Wildman–Crippen LogP) is 20.2. The highest BCUT2D eigenvalue weighted by Crippen LogP contribution is 2.49. The highest BCUT2D eigenvalue weighted by atomic mass is 15.2. The average molecular weight is 1130 g/mol. The smallest absolute Gasteiger partial charge is 0.252 e. The number of hydrogen-bond donors (Lipinski definition) is 0. The van der Waals surface area contributed by atoms with Crippen LogP contribution in [0.25, 0.3) is 72.0 Å². The van der Waals surface area contributed by atoms with Gasteiger partial charge in [0.25, 0.3) is 6.71 Å². The third-order valence-electron chi connectivity index (χ3n) is 19.2. The fourth-order valence-electron chi connectivity index (χ4n) is 14.3. The maximum atomic E-state index is 2.63. The summed E-state index contributed by atoms with van der Waals surface area (Å²) in [6.45, 7) is 9.34. The van der Waals surface area contributed by atoms with Gasteiger partial charge in [0, 0.05) is 55.7 Å². The minimum absolute atomic E-state index is 0.137. The van der Waals surface area contributed by atoms with Crippen LogP contribution >= 0.6 is 0 Å². The summed E-state index contributed by atoms with van der Waals surface area (Å²) in [6.07, 6.45) is 0. The maximum absolute atomic E-state index is 2.63. The second kappa shape index (κ2) is 21.1. The molecule has 2 aliphatic heterocycles. The molecule has 0 saturated heterocycles. The summed E-state index contributed by atoms with van der Waals surface area (Å²) in [5.41, 5.74) is 28.0. The molecule has 3 heterocycles. The van der Waals surface area contributed by atoms with E-state index in [-0.39, 0.29) is 17.5 Å². The van der Waals surface area contributed by atoms with Crippen molar-refractivity contribution in [3.05, 3.63) is 338 Å². The number of aromatic nitrogens is 1. The Labute approximate surface area is 516 Å². The Hall–Kier alpha value is -10.7. The van der Waals surface area contributed by atoms with Gasteiger partial charge in [0.2, 0.25) is 0 Å². The summed E-state index contributed by atoms with van der Waals surface area (Å²) in [4.78, 5) is 5.19. The van der Waals surface area contributed by atoms with E-state index in [4.69, 9.17) is 0 Å². The molecule has 4 heteroatoms. The van der Waals surface area contributed by atoms with Crippen LogP contribution in [0, 0.1) is 0 Å². The Morgan fingerprint density at radius 1 is 0.250 bits per heavy atom. The van der Waals surface area contributed by atoms with Gasteiger partial charge in [-0.3, -0.25) is 0 Å². The predicted molar refractivity (Wildman–Crippen MR) is 374 cm³/mol. The van der Waals surface area contributed by atoms with Gasteiger partial charge in [0.15, 0.2) is 0 Å². The Kier molecular flexibility index (Phi) is 12.7. The first-order valence-corrected chi connectivity index (χ1v) is 30.8. The monoisotopic (exact) mass is 1130 g/mol. The molecule has 1 aromatic heterocycles. The second-order valence-corrected chi connectivity index (χ2v) is 24.9. The summed E-state index contributed by atoms with van der Waals surface area (Å²) in [5, 5.41) is 2.41. The van der Waals surface area contributed by atoms with Crippen molar-refractivity contribution >= 4 is 79.0 Å². The van der Waals surface area contributed by atoms with Crippen LogP contribution in [0.3, 0.4) is 0 Å². The molecule has 14 aromatic rings. The van der Waals surface area contributed by atoms with Crippen LogP contribution in [0.4, 0.5) is 34.1 Å². The van der Waals surface area contributed by atoms with Gasteiger partial charge in [-0.1, -0.05) is 270 Å². The average Bonchev–Trinajstić information content (AvgIpc) is 1.08. The molecule has 0 unspecified atom stereocenters. The minimum Gasteiger partial charge on any atom is -0.311 e. The van der Waals surface area contributed by atoms with Crippen molar-refractivity contribution in [2.24, 2.45) is 0 Å². The molecule has 13 aromatic carbocycles. The lowest BCUT2D eigenvalue weighted by Crippen LogP contribution is -2.61. The van der Waals surface area contributed by atoms with E-state index in [0.29, 0.717) is 0 Å². The molecule has 3 nitrogen and oxygen atoms in total. The number of rotatable bonds is 11. The first-order valence-electron chi connectivity index (χ1n) is 30.8. The van der Waals surface area contributed by atoms with E-state index in [0.717, 1.165) is 45.2 Å². The van der Waals surface area contributed by atoms with Crippen molar-refractivity contribution in [2.45, 2.75) is 38.5 Å². The van der Waals surface area contributed by atoms with Gasteiger partial charge in [-0.2, -0.15) is 0 Å². The summed E-state index contributed by atoms with van der Waals surface area (Å²) >= 11 is 0. The van der Waals surface area contributed by atoms with Gasteiger partial charge in [-0.15, -0.1) is 0 Å². The fourth-order valence-corrected chi connectivity index (χ4v) is 14.3. The van der Waals surface area contributed by atoms with Gasteiger partial charge >= 0.3 is 0 Å². The van der Waals surface area contributed by atoms with Crippen LogP contribution < -0.4 is 26.2 Å². The largest absolute Gasteiger partial charge is 0.311 e. The highest BCUT2D eigenvalue weighted by molar-refractivity contribution is 7.00. The van der Waals surface area contributed by atoms with E-state index in [2.05, 4.69) is 358 Å². The van der Waals surface area contributed by atoms with Gasteiger partial charge in [-0.05, 0) is 156 Å². The maximum Gasteiger partial charge on any atom is 0.252 e. The van der Waals surface area contributed by atoms with Gasteiger partial charge < -0.3 is 14.4 Å². The number of anilines is 6. The molecule has 88 heavy (non-hydrogen) atoms. The van der Waals surface area contributed by atoms with E-state index in [1.54, 1.807) is 0 Å². The van der Waals surface area contributed by atoms with Crippen molar-refractivity contribution in [3.63, 3.8) is 0 Å². The molecular weight excluding hydrogens is 1060 g/mol. The lowest BCUT2D eigenvalue weighted by molar-refractivity contribution is 0.640. The molecule has 0 radical (unpaired) electrons. The van der Waals surface area contributed by atoms with Gasteiger partial charge in [-0.25, -0.2) is 0 Å². The molecule has 0 bridgehead atoms. The quantitative estimate of drug-likeness (QED) is 0.120. The molecule has 2 aliphatic rings. The Balaban J connectivity index is 1.02. The summed E-state index contributed by atoms with van der Waals surface area (Å²) < 4.78 is 2.54. The molecule has 0 N–H and O–H groups in total. The normalized spacial score (nSPS) is 12.7. The number of hydrogen-bond acceptors (Lipinski definition) is 2. The zero-order valence-corrected chi connectivity index (χ0v) is 49.9. The lowest BCUT2D eigenvalue weighted by Gasteiger charge is -2.45. The van der Waals surface area contributed by atoms with Crippen molar-refractivity contribution in [1.29, 1.82) is 0 Å². The van der Waals surface area contributed by atoms with Crippen LogP contribution in [0.1, 0.15) is 49.9 Å². The molecule has 0 spiro atoms. The summed E-state index contributed by atoms with van der Waals surface area (Å²) in [5.74, 6) is 0. The third kappa shape index (κ3) is 8.81. The van der Waals surface area contributed by atoms with Crippen LogP contribution in [-0.2, 0) is 10.8 Å². The molecule has 0 saturated carbocycles. The number of benzene rings is 13. The van der Waals surface area contributed by atoms with Gasteiger partial charge in [0.05, 0.1) is 16.7 Å². The first-order chi connectivity index (χ1) is 43.2. The van der Waals surface area contributed by atoms with Crippen molar-refractivity contribution in [2.75, 3.05) is 9.80 Å². The van der Waals surface area contributed by atoms with E-state index in [9.17, 15) is 0 Å². The Morgan fingerprint density at radius 2 is 0.659 bits per heavy atom. The SMILES string of the molecule is CC(C)(c1ccccc1)c1cccc(N2c3cc(C(C)(C)c4ccccc4)ccc3B3c4cc(-c5ccccc5)ccc4N(c4ccc(-c5ccccc5)cc4)c4cc(-n5c6ccc(-c7ccccc7)cc6c6cc(-c7ccccc7)ccc65)cc2c43)c1. The molecule has 0 amide bonds. The van der Waals surface area contributed by atoms with Crippen LogP contribution in [-0.4, -0.2) is 11.3 Å². The fraction of sp³-hybridized carbons (Fsp3) is 0.0714. The van der Waals surface area contributed by atoms with E-state index in [1.807, 2.05) is 0 Å². The van der Waals surface area contributed by atoms with Crippen LogP contribution in [0.2, 0.25) is 0 Å². The molecule has 0 aliphatic carbocycles. The molecular formula is C84H64BN3. The van der Waals surface area contributed by atoms with E-state index < -0.39 is 0 Å². The third-order valence-corrected chi connectivity index (χ3v) is 19.2. The highest BCUT2D eigenvalue weighted by Gasteiger charge is 2.45. The standard InChI is InChI=1S/C84H64BN3/c1-83(2,65-32-19-9-20-33-65)67-36-23-37-70(53-67)87-79-54-68(84(3,4)66-34-21-10-22-35-66)43-46-74(79)85-75-52-64(60-30-17-8-18-31-60)42-49-78(75)86(69-44-38-61(39-45-69)57-24-11-5-12-25-57)80-55-71(56-81(87)82(80)85)88-76-47-40-62(58-26-13-6-14-27-58)50-72(76)73-51-63(41-48-77(73)88)59-28-15-7-16-29-59/h5-56H,1-4H3. The zero-order chi connectivity index (χ0) is 59.1. The van der Waals surface area contributed by atoms with Crippen molar-refractivity contribution < 1.29 is 0 Å². The van der Waals surface area contributed by atoms with Crippen molar-refractivity contribution in [3.8, 4) is 50.2 Å². The van der Waals surface area contributed by atoms with Crippen LogP contribution in [0.5, 0.6) is 0 Å². The molecule has 418 valence electrons. The molecule has 0 fully saturated rings.